The molecule has 0 saturated heterocycles. The lowest BCUT2D eigenvalue weighted by Gasteiger charge is -2.12. The van der Waals surface area contributed by atoms with E-state index in [9.17, 15) is 4.79 Å². The molecule has 4 heteroatoms. The molecule has 0 aromatic heterocycles. The molecule has 0 aliphatic heterocycles. The Kier molecular flexibility index (Phi) is 7.44. The number of hydrogen-bond donors (Lipinski definition) is 1. The first-order valence-corrected chi connectivity index (χ1v) is 7.48. The van der Waals surface area contributed by atoms with Crippen molar-refractivity contribution < 1.29 is 4.79 Å². The lowest BCUT2D eigenvalue weighted by molar-refractivity contribution is -0.118. The van der Waals surface area contributed by atoms with E-state index < -0.39 is 0 Å². The number of ketones is 1. The van der Waals surface area contributed by atoms with Crippen molar-refractivity contribution in [1.29, 1.82) is 0 Å². The van der Waals surface area contributed by atoms with Crippen molar-refractivity contribution in [2.45, 2.75) is 39.0 Å². The molecule has 2 N–H and O–H groups in total. The Hall–Kier alpha value is -0.570. The van der Waals surface area contributed by atoms with Crippen LogP contribution in [-0.2, 0) is 11.2 Å². The third-order valence-corrected chi connectivity index (χ3v) is 3.97. The number of rotatable bonds is 8. The molecule has 1 unspecified atom stereocenters. The first-order valence-electron chi connectivity index (χ1n) is 6.72. The second kappa shape index (κ2) is 8.57. The zero-order valence-corrected chi connectivity index (χ0v) is 12.8. The molecule has 0 fully saturated rings. The number of halogens is 2. The van der Waals surface area contributed by atoms with E-state index in [-0.39, 0.29) is 5.78 Å². The van der Waals surface area contributed by atoms with Crippen molar-refractivity contribution >= 4 is 29.0 Å². The lowest BCUT2D eigenvalue weighted by atomic mass is 9.94. The Labute approximate surface area is 125 Å². The molecule has 1 rings (SSSR count). The van der Waals surface area contributed by atoms with Crippen molar-refractivity contribution in [3.05, 3.63) is 33.8 Å². The SMILES string of the molecule is CCC(CCN)CCC(=O)Cc1ccc(Cl)cc1Cl. The van der Waals surface area contributed by atoms with Crippen LogP contribution >= 0.6 is 23.2 Å². The lowest BCUT2D eigenvalue weighted by Crippen LogP contribution is -2.11. The highest BCUT2D eigenvalue weighted by Crippen LogP contribution is 2.22. The molecule has 0 spiro atoms. The Balaban J connectivity index is 2.46. The van der Waals surface area contributed by atoms with E-state index >= 15 is 0 Å². The molecule has 19 heavy (non-hydrogen) atoms. The van der Waals surface area contributed by atoms with Gasteiger partial charge in [-0.25, -0.2) is 0 Å². The van der Waals surface area contributed by atoms with Gasteiger partial charge in [0, 0.05) is 22.9 Å². The number of hydrogen-bond acceptors (Lipinski definition) is 2. The van der Waals surface area contributed by atoms with Gasteiger partial charge >= 0.3 is 0 Å². The van der Waals surface area contributed by atoms with Gasteiger partial charge in [0.15, 0.2) is 0 Å². The summed E-state index contributed by atoms with van der Waals surface area (Å²) in [6.45, 7) is 2.83. The Bertz CT molecular complexity index is 421. The topological polar surface area (TPSA) is 43.1 Å². The fourth-order valence-corrected chi connectivity index (χ4v) is 2.59. The number of Topliss-reactive ketones (excluding diaryl/α,β-unsaturated/α-hetero) is 1. The van der Waals surface area contributed by atoms with Gasteiger partial charge in [-0.3, -0.25) is 4.79 Å². The summed E-state index contributed by atoms with van der Waals surface area (Å²) in [5, 5.41) is 1.16. The van der Waals surface area contributed by atoms with E-state index in [1.54, 1.807) is 12.1 Å². The summed E-state index contributed by atoms with van der Waals surface area (Å²) in [5.41, 5.74) is 6.40. The van der Waals surface area contributed by atoms with E-state index in [2.05, 4.69) is 6.92 Å². The van der Waals surface area contributed by atoms with E-state index in [0.29, 0.717) is 35.3 Å². The molecular weight excluding hydrogens is 281 g/mol. The summed E-state index contributed by atoms with van der Waals surface area (Å²) >= 11 is 11.9. The monoisotopic (exact) mass is 301 g/mol. The molecule has 0 amide bonds. The summed E-state index contributed by atoms with van der Waals surface area (Å²) in [4.78, 5) is 12.0. The molecule has 0 radical (unpaired) electrons. The zero-order valence-electron chi connectivity index (χ0n) is 11.3. The first kappa shape index (κ1) is 16.5. The van der Waals surface area contributed by atoms with Crippen LogP contribution in [0.2, 0.25) is 10.0 Å². The van der Waals surface area contributed by atoms with Crippen LogP contribution < -0.4 is 5.73 Å². The molecule has 0 saturated carbocycles. The maximum absolute atomic E-state index is 12.0. The van der Waals surface area contributed by atoms with Gasteiger partial charge in [0.1, 0.15) is 5.78 Å². The highest BCUT2D eigenvalue weighted by atomic mass is 35.5. The van der Waals surface area contributed by atoms with Gasteiger partial charge in [0.05, 0.1) is 0 Å². The van der Waals surface area contributed by atoms with Gasteiger partial charge < -0.3 is 5.73 Å². The quantitative estimate of drug-likeness (QED) is 0.779. The van der Waals surface area contributed by atoms with Crippen LogP contribution in [0.4, 0.5) is 0 Å². The Morgan fingerprint density at radius 2 is 2.05 bits per heavy atom. The number of nitrogens with two attached hydrogens (primary N) is 1. The van der Waals surface area contributed by atoms with E-state index in [1.807, 2.05) is 6.07 Å². The smallest absolute Gasteiger partial charge is 0.137 e. The molecule has 0 aliphatic rings. The van der Waals surface area contributed by atoms with Gasteiger partial charge in [-0.2, -0.15) is 0 Å². The summed E-state index contributed by atoms with van der Waals surface area (Å²) in [6, 6.07) is 5.26. The van der Waals surface area contributed by atoms with E-state index in [0.717, 1.165) is 24.8 Å². The van der Waals surface area contributed by atoms with Gasteiger partial charge in [-0.15, -0.1) is 0 Å². The van der Waals surface area contributed by atoms with Crippen molar-refractivity contribution in [1.82, 2.24) is 0 Å². The van der Waals surface area contributed by atoms with Crippen LogP contribution in [0.15, 0.2) is 18.2 Å². The zero-order chi connectivity index (χ0) is 14.3. The minimum absolute atomic E-state index is 0.222. The van der Waals surface area contributed by atoms with Crippen LogP contribution in [0.3, 0.4) is 0 Å². The second-order valence-electron chi connectivity index (χ2n) is 4.84. The molecule has 1 aromatic carbocycles. The van der Waals surface area contributed by atoms with Gasteiger partial charge in [0.25, 0.3) is 0 Å². The molecule has 1 aromatic rings. The van der Waals surface area contributed by atoms with Crippen molar-refractivity contribution in [2.24, 2.45) is 11.7 Å². The standard InChI is InChI=1S/C15H21Cl2NO/c1-2-11(7-8-18)3-6-14(19)9-12-4-5-13(16)10-15(12)17/h4-5,10-11H,2-3,6-9,18H2,1H3. The predicted octanol–water partition coefficient (Wildman–Crippen LogP) is 4.26. The normalized spacial score (nSPS) is 12.4. The largest absolute Gasteiger partial charge is 0.330 e. The van der Waals surface area contributed by atoms with Crippen LogP contribution in [-0.4, -0.2) is 12.3 Å². The maximum atomic E-state index is 12.0. The summed E-state index contributed by atoms with van der Waals surface area (Å²) in [5.74, 6) is 0.773. The summed E-state index contributed by atoms with van der Waals surface area (Å²) < 4.78 is 0. The average molecular weight is 302 g/mol. The molecule has 0 bridgehead atoms. The van der Waals surface area contributed by atoms with Crippen molar-refractivity contribution in [3.8, 4) is 0 Å². The summed E-state index contributed by atoms with van der Waals surface area (Å²) in [7, 11) is 0. The first-order chi connectivity index (χ1) is 9.06. The van der Waals surface area contributed by atoms with E-state index in [4.69, 9.17) is 28.9 Å². The van der Waals surface area contributed by atoms with E-state index in [1.165, 1.54) is 0 Å². The van der Waals surface area contributed by atoms with Crippen LogP contribution in [0, 0.1) is 5.92 Å². The van der Waals surface area contributed by atoms with Crippen molar-refractivity contribution in [2.75, 3.05) is 6.54 Å². The Morgan fingerprint density at radius 3 is 2.63 bits per heavy atom. The second-order valence-corrected chi connectivity index (χ2v) is 5.69. The van der Waals surface area contributed by atoms with Crippen LogP contribution in [0.1, 0.15) is 38.2 Å². The number of carbonyl (C=O) groups excluding carboxylic acids is 1. The van der Waals surface area contributed by atoms with Gasteiger partial charge in [-0.1, -0.05) is 42.6 Å². The molecular formula is C15H21Cl2NO. The highest BCUT2D eigenvalue weighted by Gasteiger charge is 2.11. The molecule has 106 valence electrons. The maximum Gasteiger partial charge on any atom is 0.137 e. The summed E-state index contributed by atoms with van der Waals surface area (Å²) in [6.07, 6.45) is 3.96. The van der Waals surface area contributed by atoms with Crippen molar-refractivity contribution in [3.63, 3.8) is 0 Å². The highest BCUT2D eigenvalue weighted by molar-refractivity contribution is 6.35. The van der Waals surface area contributed by atoms with Crippen LogP contribution in [0.25, 0.3) is 0 Å². The third kappa shape index (κ3) is 5.94. The minimum Gasteiger partial charge on any atom is -0.330 e. The Morgan fingerprint density at radius 1 is 1.32 bits per heavy atom. The number of benzene rings is 1. The molecule has 2 nitrogen and oxygen atoms in total. The fourth-order valence-electron chi connectivity index (χ4n) is 2.12. The predicted molar refractivity (Wildman–Crippen MR) is 81.9 cm³/mol. The third-order valence-electron chi connectivity index (χ3n) is 3.39. The number of carbonyl (C=O) groups is 1. The fraction of sp³-hybridized carbons (Fsp3) is 0.533. The van der Waals surface area contributed by atoms with Gasteiger partial charge in [-0.05, 0) is 43.0 Å². The van der Waals surface area contributed by atoms with Crippen LogP contribution in [0.5, 0.6) is 0 Å². The minimum atomic E-state index is 0.222. The molecule has 0 heterocycles. The molecule has 0 aliphatic carbocycles. The molecule has 1 atom stereocenters. The van der Waals surface area contributed by atoms with Gasteiger partial charge in [0.2, 0.25) is 0 Å². The average Bonchev–Trinajstić information content (AvgIpc) is 2.38.